The van der Waals surface area contributed by atoms with E-state index < -0.39 is 10.8 Å². The van der Waals surface area contributed by atoms with E-state index in [2.05, 4.69) is 24.3 Å². The molecule has 0 saturated heterocycles. The maximum Gasteiger partial charge on any atom is 0.0610 e. The molecule has 1 N–H and O–H groups in total. The van der Waals surface area contributed by atoms with Crippen LogP contribution in [0.25, 0.3) is 6.08 Å². The van der Waals surface area contributed by atoms with Gasteiger partial charge in [-0.2, -0.15) is 5.06 Å². The number of hydrogen-bond acceptors (Lipinski definition) is 3. The molecule has 0 aromatic heterocycles. The molecular weight excluding hydrogens is 342 g/mol. The fourth-order valence-corrected chi connectivity index (χ4v) is 5.08. The Morgan fingerprint density at radius 3 is 2.38 bits per heavy atom. The second kappa shape index (κ2) is 8.76. The van der Waals surface area contributed by atoms with Gasteiger partial charge in [0.1, 0.15) is 0 Å². The van der Waals surface area contributed by atoms with Gasteiger partial charge in [0.2, 0.25) is 0 Å². The molecule has 4 heteroatoms. The number of benzene rings is 2. The van der Waals surface area contributed by atoms with Gasteiger partial charge < -0.3 is 5.21 Å². The van der Waals surface area contributed by atoms with Crippen LogP contribution in [0.3, 0.4) is 0 Å². The van der Waals surface area contributed by atoms with Crippen LogP contribution in [0.15, 0.2) is 65.6 Å². The van der Waals surface area contributed by atoms with Gasteiger partial charge in [-0.25, -0.2) is 0 Å². The number of allylic oxidation sites excluding steroid dienone is 1. The zero-order valence-corrected chi connectivity index (χ0v) is 16.2. The molecule has 0 radical (unpaired) electrons. The molecule has 2 aromatic carbocycles. The quantitative estimate of drug-likeness (QED) is 0.687. The summed E-state index contributed by atoms with van der Waals surface area (Å²) in [5.41, 5.74) is 2.29. The van der Waals surface area contributed by atoms with Gasteiger partial charge in [-0.05, 0) is 49.8 Å². The molecule has 1 saturated carbocycles. The molecule has 0 amide bonds. The van der Waals surface area contributed by atoms with Crippen LogP contribution in [0, 0.1) is 12.8 Å². The monoisotopic (exact) mass is 369 g/mol. The molecule has 1 fully saturated rings. The highest BCUT2D eigenvalue weighted by molar-refractivity contribution is 7.85. The molecule has 3 atom stereocenters. The van der Waals surface area contributed by atoms with Crippen LogP contribution < -0.4 is 0 Å². The fraction of sp³-hybridized carbons (Fsp3) is 0.364. The van der Waals surface area contributed by atoms with Crippen molar-refractivity contribution in [3.63, 3.8) is 0 Å². The van der Waals surface area contributed by atoms with Crippen LogP contribution in [-0.2, 0) is 10.8 Å². The van der Waals surface area contributed by atoms with Gasteiger partial charge in [-0.15, -0.1) is 0 Å². The first-order chi connectivity index (χ1) is 12.6. The Labute approximate surface area is 158 Å². The topological polar surface area (TPSA) is 40.5 Å². The van der Waals surface area contributed by atoms with Crippen LogP contribution >= 0.6 is 0 Å². The smallest absolute Gasteiger partial charge is 0.0610 e. The number of rotatable bonds is 8. The van der Waals surface area contributed by atoms with Gasteiger partial charge in [0.25, 0.3) is 0 Å². The predicted octanol–water partition coefficient (Wildman–Crippen LogP) is 4.67. The van der Waals surface area contributed by atoms with E-state index in [4.69, 9.17) is 0 Å². The molecular formula is C22H27NO2S. The van der Waals surface area contributed by atoms with Crippen molar-refractivity contribution >= 4 is 16.9 Å². The number of aryl methyl sites for hydroxylation is 1. The lowest BCUT2D eigenvalue weighted by atomic mass is 10.0. The number of hydroxylamine groups is 2. The minimum Gasteiger partial charge on any atom is -0.314 e. The van der Waals surface area contributed by atoms with Crippen molar-refractivity contribution in [2.75, 3.05) is 7.05 Å². The third-order valence-electron chi connectivity index (χ3n) is 4.92. The van der Waals surface area contributed by atoms with E-state index in [1.807, 2.05) is 49.4 Å². The van der Waals surface area contributed by atoms with Gasteiger partial charge in [0.15, 0.2) is 0 Å². The Hall–Kier alpha value is -1.75. The third-order valence-corrected chi connectivity index (χ3v) is 6.68. The highest BCUT2D eigenvalue weighted by atomic mass is 32.2. The lowest BCUT2D eigenvalue weighted by molar-refractivity contribution is -0.109. The lowest BCUT2D eigenvalue weighted by Crippen LogP contribution is -2.43. The second-order valence-electron chi connectivity index (χ2n) is 7.10. The van der Waals surface area contributed by atoms with Crippen LogP contribution in [-0.4, -0.2) is 32.8 Å². The van der Waals surface area contributed by atoms with Crippen molar-refractivity contribution in [1.29, 1.82) is 0 Å². The van der Waals surface area contributed by atoms with Crippen LogP contribution in [0.5, 0.6) is 0 Å². The minimum atomic E-state index is -1.17. The zero-order valence-electron chi connectivity index (χ0n) is 15.4. The zero-order chi connectivity index (χ0) is 18.5. The maximum absolute atomic E-state index is 13.3. The molecule has 0 aliphatic heterocycles. The van der Waals surface area contributed by atoms with E-state index in [9.17, 15) is 9.42 Å². The van der Waals surface area contributed by atoms with Crippen molar-refractivity contribution in [3.05, 3.63) is 71.8 Å². The maximum atomic E-state index is 13.3. The molecule has 0 bridgehead atoms. The average Bonchev–Trinajstić information content (AvgIpc) is 3.46. The SMILES string of the molecule is Cc1ccc(S(=O)[C@@H](C/C=C/c2ccccc2)[C@H](C2CC2)N(C)O)cc1. The van der Waals surface area contributed by atoms with Crippen LogP contribution in [0.4, 0.5) is 0 Å². The Balaban J connectivity index is 1.82. The van der Waals surface area contributed by atoms with Crippen molar-refractivity contribution in [1.82, 2.24) is 5.06 Å². The molecule has 3 rings (SSSR count). The van der Waals surface area contributed by atoms with Crippen molar-refractivity contribution in [3.8, 4) is 0 Å². The summed E-state index contributed by atoms with van der Waals surface area (Å²) in [5, 5.41) is 11.4. The molecule has 0 heterocycles. The van der Waals surface area contributed by atoms with Crippen molar-refractivity contribution < 1.29 is 9.42 Å². The summed E-state index contributed by atoms with van der Waals surface area (Å²) < 4.78 is 13.3. The fourth-order valence-electron chi connectivity index (χ4n) is 3.39. The lowest BCUT2D eigenvalue weighted by Gasteiger charge is -2.30. The summed E-state index contributed by atoms with van der Waals surface area (Å²) in [4.78, 5) is 0.834. The highest BCUT2D eigenvalue weighted by Gasteiger charge is 2.41. The Kier molecular flexibility index (Phi) is 6.41. The first-order valence-electron chi connectivity index (χ1n) is 9.17. The Bertz CT molecular complexity index is 749. The largest absolute Gasteiger partial charge is 0.314 e. The molecule has 2 aromatic rings. The summed E-state index contributed by atoms with van der Waals surface area (Å²) in [5.74, 6) is 0.425. The molecule has 1 aliphatic rings. The first kappa shape index (κ1) is 19.0. The van der Waals surface area contributed by atoms with Crippen LogP contribution in [0.1, 0.15) is 30.4 Å². The van der Waals surface area contributed by atoms with Crippen LogP contribution in [0.2, 0.25) is 0 Å². The Morgan fingerprint density at radius 2 is 1.81 bits per heavy atom. The molecule has 3 nitrogen and oxygen atoms in total. The molecule has 0 spiro atoms. The van der Waals surface area contributed by atoms with E-state index >= 15 is 0 Å². The predicted molar refractivity (Wildman–Crippen MR) is 108 cm³/mol. The third kappa shape index (κ3) is 4.91. The summed E-state index contributed by atoms with van der Waals surface area (Å²) in [6.07, 6.45) is 7.02. The van der Waals surface area contributed by atoms with Gasteiger partial charge in [-0.3, -0.25) is 4.21 Å². The molecule has 138 valence electrons. The normalized spacial score (nSPS) is 18.2. The van der Waals surface area contributed by atoms with Crippen molar-refractivity contribution in [2.45, 2.75) is 42.4 Å². The second-order valence-corrected chi connectivity index (χ2v) is 8.77. The average molecular weight is 370 g/mol. The number of hydrogen-bond donors (Lipinski definition) is 1. The van der Waals surface area contributed by atoms with Gasteiger partial charge in [-0.1, -0.05) is 60.2 Å². The summed E-state index contributed by atoms with van der Waals surface area (Å²) in [6.45, 7) is 2.03. The molecule has 1 unspecified atom stereocenters. The van der Waals surface area contributed by atoms with Gasteiger partial charge >= 0.3 is 0 Å². The van der Waals surface area contributed by atoms with E-state index in [0.717, 1.165) is 28.9 Å². The van der Waals surface area contributed by atoms with Gasteiger partial charge in [0.05, 0.1) is 22.1 Å². The standard InChI is InChI=1S/C22H27NO2S/c1-17-11-15-20(16-12-17)26(25)21(22(23(2)24)19-13-14-19)10-6-9-18-7-4-3-5-8-18/h3-9,11-12,15-16,19,21-22,24H,10,13-14H2,1-2H3/b9-6+/t21-,22-,26?/m0/s1. The summed E-state index contributed by atoms with van der Waals surface area (Å²) in [6, 6.07) is 17.9. The molecule has 1 aliphatic carbocycles. The van der Waals surface area contributed by atoms with E-state index in [1.165, 1.54) is 5.06 Å². The van der Waals surface area contributed by atoms with E-state index in [-0.39, 0.29) is 11.3 Å². The van der Waals surface area contributed by atoms with Gasteiger partial charge in [0, 0.05) is 11.9 Å². The first-order valence-corrected chi connectivity index (χ1v) is 10.4. The minimum absolute atomic E-state index is 0.0856. The summed E-state index contributed by atoms with van der Waals surface area (Å²) >= 11 is 0. The van der Waals surface area contributed by atoms with E-state index in [0.29, 0.717) is 12.3 Å². The van der Waals surface area contributed by atoms with Crippen molar-refractivity contribution in [2.24, 2.45) is 5.92 Å². The highest BCUT2D eigenvalue weighted by Crippen LogP contribution is 2.39. The Morgan fingerprint density at radius 1 is 1.15 bits per heavy atom. The summed E-state index contributed by atoms with van der Waals surface area (Å²) in [7, 11) is 0.512. The van der Waals surface area contributed by atoms with E-state index in [1.54, 1.807) is 7.05 Å². The number of nitrogens with zero attached hydrogens (tertiary/aromatic N) is 1. The molecule has 26 heavy (non-hydrogen) atoms.